The number of aldehydes is 1. The molecule has 4 rings (SSSR count). The van der Waals surface area contributed by atoms with Gasteiger partial charge in [0.25, 0.3) is 0 Å². The van der Waals surface area contributed by atoms with Crippen LogP contribution >= 0.6 is 0 Å². The molecule has 0 spiro atoms. The van der Waals surface area contributed by atoms with Gasteiger partial charge >= 0.3 is 0 Å². The largest absolute Gasteiger partial charge is 0.301 e. The first-order chi connectivity index (χ1) is 17.0. The molecule has 7 nitrogen and oxygen atoms in total. The summed E-state index contributed by atoms with van der Waals surface area (Å²) in [5, 5.41) is 2.78. The van der Waals surface area contributed by atoms with Gasteiger partial charge in [-0.25, -0.2) is 15.0 Å². The van der Waals surface area contributed by atoms with E-state index in [0.29, 0.717) is 23.5 Å². The van der Waals surface area contributed by atoms with Crippen molar-refractivity contribution in [1.29, 1.82) is 0 Å². The summed E-state index contributed by atoms with van der Waals surface area (Å²) in [6.07, 6.45) is 5.92. The second-order valence-corrected chi connectivity index (χ2v) is 7.93. The third-order valence-electron chi connectivity index (χ3n) is 5.72. The highest BCUT2D eigenvalue weighted by atomic mass is 16.1. The second kappa shape index (κ2) is 10.6. The Morgan fingerprint density at radius 3 is 2.54 bits per heavy atom. The summed E-state index contributed by atoms with van der Waals surface area (Å²) >= 11 is 0. The van der Waals surface area contributed by atoms with Gasteiger partial charge in [-0.15, -0.1) is 0 Å². The molecule has 0 radical (unpaired) electrons. The Morgan fingerprint density at radius 2 is 1.83 bits per heavy atom. The van der Waals surface area contributed by atoms with Crippen LogP contribution in [0.5, 0.6) is 0 Å². The predicted molar refractivity (Wildman–Crippen MR) is 142 cm³/mol. The molecule has 2 aromatic heterocycles. The van der Waals surface area contributed by atoms with Gasteiger partial charge in [-0.05, 0) is 37.9 Å². The number of allylic oxidation sites excluding steroid dienone is 2. The Labute approximate surface area is 204 Å². The molecule has 35 heavy (non-hydrogen) atoms. The molecule has 0 saturated carbocycles. The van der Waals surface area contributed by atoms with Gasteiger partial charge in [0.1, 0.15) is 5.69 Å². The van der Waals surface area contributed by atoms with Crippen LogP contribution in [0.25, 0.3) is 33.4 Å². The SMILES string of the molecule is C=C/C=C(\N=C)C(C)N(C)Nc1nc(-c2ccccc2)c(-c2ccc3ncccc3c2)nc1C=O. The monoisotopic (exact) mass is 462 g/mol. The fraction of sp³-hybridized carbons (Fsp3) is 0.107. The van der Waals surface area contributed by atoms with E-state index in [2.05, 4.69) is 28.7 Å². The molecule has 7 heteroatoms. The van der Waals surface area contributed by atoms with Crippen molar-refractivity contribution >= 4 is 29.7 Å². The molecule has 0 bridgehead atoms. The van der Waals surface area contributed by atoms with Crippen LogP contribution in [0.4, 0.5) is 5.82 Å². The number of nitrogens with one attached hydrogen (secondary N) is 1. The number of hydrazine groups is 1. The quantitative estimate of drug-likeness (QED) is 0.151. The molecule has 4 aromatic rings. The summed E-state index contributed by atoms with van der Waals surface area (Å²) in [6, 6.07) is 19.4. The summed E-state index contributed by atoms with van der Waals surface area (Å²) < 4.78 is 0. The minimum Gasteiger partial charge on any atom is -0.301 e. The highest BCUT2D eigenvalue weighted by molar-refractivity contribution is 5.90. The molecule has 1 unspecified atom stereocenters. The second-order valence-electron chi connectivity index (χ2n) is 7.93. The van der Waals surface area contributed by atoms with Crippen LogP contribution in [-0.2, 0) is 0 Å². The molecule has 1 N–H and O–H groups in total. The van der Waals surface area contributed by atoms with Gasteiger partial charge in [-0.1, -0.05) is 55.1 Å². The van der Waals surface area contributed by atoms with E-state index in [9.17, 15) is 4.79 Å². The van der Waals surface area contributed by atoms with Crippen LogP contribution < -0.4 is 5.43 Å². The number of fused-ring (bicyclic) bond motifs is 1. The number of hydrogen-bond acceptors (Lipinski definition) is 7. The first kappa shape index (κ1) is 23.7. The van der Waals surface area contributed by atoms with Crippen LogP contribution in [0.15, 0.2) is 96.3 Å². The summed E-state index contributed by atoms with van der Waals surface area (Å²) in [7, 11) is 1.84. The summed E-state index contributed by atoms with van der Waals surface area (Å²) in [6.45, 7) is 9.32. The number of carbonyl (C=O) groups excluding carboxylic acids is 1. The summed E-state index contributed by atoms with van der Waals surface area (Å²) in [5.74, 6) is 0.349. The average molecular weight is 463 g/mol. The Bertz CT molecular complexity index is 1410. The van der Waals surface area contributed by atoms with Gasteiger partial charge < -0.3 is 5.43 Å². The Balaban J connectivity index is 1.84. The van der Waals surface area contributed by atoms with Gasteiger partial charge in [-0.3, -0.25) is 14.8 Å². The third kappa shape index (κ3) is 5.05. The zero-order valence-corrected chi connectivity index (χ0v) is 19.7. The number of nitrogens with zero attached hydrogens (tertiary/aromatic N) is 5. The molecule has 0 aliphatic heterocycles. The van der Waals surface area contributed by atoms with E-state index < -0.39 is 0 Å². The maximum absolute atomic E-state index is 12.1. The van der Waals surface area contributed by atoms with Crippen LogP contribution in [0.1, 0.15) is 17.4 Å². The minimum absolute atomic E-state index is 0.167. The Hall–Kier alpha value is -4.49. The fourth-order valence-corrected chi connectivity index (χ4v) is 3.74. The molecular formula is C28H26N6O. The maximum Gasteiger partial charge on any atom is 0.172 e. The van der Waals surface area contributed by atoms with Crippen molar-refractivity contribution in [2.75, 3.05) is 12.5 Å². The smallest absolute Gasteiger partial charge is 0.172 e. The summed E-state index contributed by atoms with van der Waals surface area (Å²) in [4.78, 5) is 30.2. The topological polar surface area (TPSA) is 83.4 Å². The number of likely N-dealkylation sites (N-methyl/N-ethyl adjacent to an activating group) is 1. The van der Waals surface area contributed by atoms with Crippen molar-refractivity contribution in [2.45, 2.75) is 13.0 Å². The van der Waals surface area contributed by atoms with Crippen molar-refractivity contribution in [2.24, 2.45) is 4.99 Å². The summed E-state index contributed by atoms with van der Waals surface area (Å²) in [5.41, 5.74) is 8.02. The number of aromatic nitrogens is 3. The Kier molecular flexibility index (Phi) is 7.18. The highest BCUT2D eigenvalue weighted by Crippen LogP contribution is 2.32. The number of carbonyl (C=O) groups is 1. The number of anilines is 1. The lowest BCUT2D eigenvalue weighted by molar-refractivity contribution is 0.111. The number of pyridine rings is 1. The molecule has 0 fully saturated rings. The lowest BCUT2D eigenvalue weighted by atomic mass is 10.0. The molecule has 0 amide bonds. The van der Waals surface area contributed by atoms with Gasteiger partial charge in [0.15, 0.2) is 12.1 Å². The van der Waals surface area contributed by atoms with E-state index >= 15 is 0 Å². The number of aliphatic imine (C=N–C) groups is 1. The first-order valence-electron chi connectivity index (χ1n) is 11.1. The van der Waals surface area contributed by atoms with E-state index in [1.165, 1.54) is 0 Å². The van der Waals surface area contributed by atoms with E-state index in [4.69, 9.17) is 9.97 Å². The lowest BCUT2D eigenvalue weighted by Crippen LogP contribution is -2.36. The average Bonchev–Trinajstić information content (AvgIpc) is 2.91. The lowest BCUT2D eigenvalue weighted by Gasteiger charge is -2.26. The number of hydrogen-bond donors (Lipinski definition) is 1. The predicted octanol–water partition coefficient (Wildman–Crippen LogP) is 5.59. The van der Waals surface area contributed by atoms with E-state index in [1.807, 2.05) is 74.6 Å². The number of rotatable bonds is 9. The van der Waals surface area contributed by atoms with Crippen LogP contribution in [0.2, 0.25) is 0 Å². The van der Waals surface area contributed by atoms with E-state index in [-0.39, 0.29) is 11.7 Å². The fourth-order valence-electron chi connectivity index (χ4n) is 3.74. The molecule has 2 heterocycles. The van der Waals surface area contributed by atoms with Crippen molar-refractivity contribution < 1.29 is 4.79 Å². The van der Waals surface area contributed by atoms with Gasteiger partial charge in [0.2, 0.25) is 0 Å². The highest BCUT2D eigenvalue weighted by Gasteiger charge is 2.20. The van der Waals surface area contributed by atoms with Crippen molar-refractivity contribution in [3.8, 4) is 22.5 Å². The number of benzene rings is 2. The van der Waals surface area contributed by atoms with Gasteiger partial charge in [-0.2, -0.15) is 0 Å². The molecule has 174 valence electrons. The zero-order chi connectivity index (χ0) is 24.8. The van der Waals surface area contributed by atoms with E-state index in [0.717, 1.165) is 27.7 Å². The van der Waals surface area contributed by atoms with Gasteiger partial charge in [0, 0.05) is 29.8 Å². The first-order valence-corrected chi connectivity index (χ1v) is 11.1. The minimum atomic E-state index is -0.167. The molecule has 1 atom stereocenters. The van der Waals surface area contributed by atoms with Crippen molar-refractivity contribution in [1.82, 2.24) is 20.0 Å². The van der Waals surface area contributed by atoms with Crippen LogP contribution in [0.3, 0.4) is 0 Å². The van der Waals surface area contributed by atoms with Crippen LogP contribution in [0, 0.1) is 0 Å². The van der Waals surface area contributed by atoms with Crippen LogP contribution in [-0.4, -0.2) is 46.1 Å². The van der Waals surface area contributed by atoms with E-state index in [1.54, 1.807) is 23.4 Å². The molecular weight excluding hydrogens is 436 g/mol. The van der Waals surface area contributed by atoms with Crippen molar-refractivity contribution in [3.63, 3.8) is 0 Å². The third-order valence-corrected chi connectivity index (χ3v) is 5.72. The standard InChI is InChI=1S/C28H26N6O/c1-5-10-23(29-3)19(2)34(4)33-28-25(18-35)31-27(26(32-28)20-11-7-6-8-12-20)22-14-15-24-21(17-22)13-9-16-30-24/h5-19H,1,3H2,2,4H3,(H,32,33)/b23-10-. The van der Waals surface area contributed by atoms with Crippen molar-refractivity contribution in [3.05, 3.63) is 97.0 Å². The molecule has 2 aromatic carbocycles. The molecule has 0 saturated heterocycles. The van der Waals surface area contributed by atoms with Gasteiger partial charge in [0.05, 0.1) is 28.6 Å². The maximum atomic E-state index is 12.1. The normalized spacial score (nSPS) is 12.4. The molecule has 0 aliphatic carbocycles. The molecule has 0 aliphatic rings. The Morgan fingerprint density at radius 1 is 1.06 bits per heavy atom. The zero-order valence-electron chi connectivity index (χ0n) is 19.7.